The van der Waals surface area contributed by atoms with Gasteiger partial charge in [-0.2, -0.15) is 0 Å². The second-order valence-electron chi connectivity index (χ2n) is 5.73. The number of quaternary nitrogens is 1. The third-order valence-electron chi connectivity index (χ3n) is 3.70. The summed E-state index contributed by atoms with van der Waals surface area (Å²) in [6.45, 7) is 5.81. The number of carbonyl (C=O) groups excluding carboxylic acids is 2. The summed E-state index contributed by atoms with van der Waals surface area (Å²) in [7, 11) is 0. The average molecular weight is 346 g/mol. The Kier molecular flexibility index (Phi) is 6.96. The summed E-state index contributed by atoms with van der Waals surface area (Å²) >= 11 is 1.62. The molecule has 5 nitrogen and oxygen atoms in total. The van der Waals surface area contributed by atoms with Crippen molar-refractivity contribution in [1.29, 1.82) is 0 Å². The molecule has 2 aromatic rings. The van der Waals surface area contributed by atoms with Crippen LogP contribution in [0.4, 0.5) is 5.69 Å². The maximum atomic E-state index is 12.1. The van der Waals surface area contributed by atoms with Crippen LogP contribution in [0.5, 0.6) is 0 Å². The van der Waals surface area contributed by atoms with Gasteiger partial charge >= 0.3 is 0 Å². The molecule has 2 rings (SSSR count). The number of thiophene rings is 1. The van der Waals surface area contributed by atoms with E-state index in [1.165, 1.54) is 0 Å². The number of likely N-dealkylation sites (N-methyl/N-ethyl adjacent to an activating group) is 1. The van der Waals surface area contributed by atoms with Crippen LogP contribution in [0, 0.1) is 6.92 Å². The van der Waals surface area contributed by atoms with E-state index in [0.29, 0.717) is 19.6 Å². The minimum atomic E-state index is -0.0817. The number of rotatable bonds is 8. The molecule has 0 radical (unpaired) electrons. The second-order valence-corrected chi connectivity index (χ2v) is 6.76. The first kappa shape index (κ1) is 18.2. The lowest BCUT2D eigenvalue weighted by atomic mass is 10.2. The highest BCUT2D eigenvalue weighted by Gasteiger charge is 2.16. The Labute approximate surface area is 146 Å². The molecule has 0 aliphatic carbocycles. The standard InChI is InChI=1S/C18H23N3O2S/c1-3-21(12-17(22)19-11-16-5-4-10-24-16)13-18(23)20-15-8-6-14(2)7-9-15/h4-10H,3,11-13H2,1-2H3,(H,19,22)(H,20,23)/p+1. The summed E-state index contributed by atoms with van der Waals surface area (Å²) in [5.74, 6) is -0.120. The lowest BCUT2D eigenvalue weighted by molar-refractivity contribution is -0.881. The number of aryl methyl sites for hydroxylation is 1. The molecule has 2 amide bonds. The van der Waals surface area contributed by atoms with Crippen LogP contribution in [-0.2, 0) is 16.1 Å². The fraction of sp³-hybridized carbons (Fsp3) is 0.333. The van der Waals surface area contributed by atoms with E-state index in [9.17, 15) is 9.59 Å². The summed E-state index contributed by atoms with van der Waals surface area (Å²) in [5.41, 5.74) is 1.93. The van der Waals surface area contributed by atoms with Crippen molar-refractivity contribution < 1.29 is 14.5 Å². The zero-order valence-corrected chi connectivity index (χ0v) is 14.9. The fourth-order valence-corrected chi connectivity index (χ4v) is 2.91. The first-order valence-corrected chi connectivity index (χ1v) is 8.94. The molecular weight excluding hydrogens is 322 g/mol. The first-order valence-electron chi connectivity index (χ1n) is 8.06. The number of hydrogen-bond donors (Lipinski definition) is 3. The van der Waals surface area contributed by atoms with Crippen LogP contribution >= 0.6 is 11.3 Å². The molecule has 1 atom stereocenters. The van der Waals surface area contributed by atoms with E-state index in [-0.39, 0.29) is 18.4 Å². The summed E-state index contributed by atoms with van der Waals surface area (Å²) < 4.78 is 0. The average Bonchev–Trinajstić information content (AvgIpc) is 3.08. The largest absolute Gasteiger partial charge is 0.346 e. The van der Waals surface area contributed by atoms with Crippen molar-refractivity contribution in [3.8, 4) is 0 Å². The highest BCUT2D eigenvalue weighted by atomic mass is 32.1. The lowest BCUT2D eigenvalue weighted by Gasteiger charge is -2.17. The quantitative estimate of drug-likeness (QED) is 0.673. The van der Waals surface area contributed by atoms with Crippen molar-refractivity contribution >= 4 is 28.8 Å². The van der Waals surface area contributed by atoms with E-state index >= 15 is 0 Å². The van der Waals surface area contributed by atoms with Crippen LogP contribution < -0.4 is 15.5 Å². The third kappa shape index (κ3) is 6.14. The third-order valence-corrected chi connectivity index (χ3v) is 4.57. The van der Waals surface area contributed by atoms with E-state index in [1.807, 2.05) is 55.6 Å². The highest BCUT2D eigenvalue weighted by molar-refractivity contribution is 7.09. The topological polar surface area (TPSA) is 62.6 Å². The van der Waals surface area contributed by atoms with Crippen molar-refractivity contribution in [2.24, 2.45) is 0 Å². The molecule has 0 aliphatic heterocycles. The molecule has 1 heterocycles. The number of anilines is 1. The van der Waals surface area contributed by atoms with Crippen molar-refractivity contribution in [2.75, 3.05) is 25.0 Å². The molecule has 0 saturated heterocycles. The maximum Gasteiger partial charge on any atom is 0.279 e. The van der Waals surface area contributed by atoms with Gasteiger partial charge in [0.25, 0.3) is 11.8 Å². The number of amides is 2. The van der Waals surface area contributed by atoms with Crippen LogP contribution in [0.25, 0.3) is 0 Å². The molecule has 0 saturated carbocycles. The SMILES string of the molecule is CC[NH+](CC(=O)NCc1cccs1)CC(=O)Nc1ccc(C)cc1. The highest BCUT2D eigenvalue weighted by Crippen LogP contribution is 2.08. The van der Waals surface area contributed by atoms with Gasteiger partial charge in [-0.1, -0.05) is 23.8 Å². The Morgan fingerprint density at radius 3 is 2.42 bits per heavy atom. The molecule has 0 bridgehead atoms. The number of carbonyl (C=O) groups is 2. The van der Waals surface area contributed by atoms with Gasteiger partial charge in [-0.3, -0.25) is 9.59 Å². The summed E-state index contributed by atoms with van der Waals surface area (Å²) in [5, 5.41) is 7.76. The Balaban J connectivity index is 1.76. The molecule has 0 aliphatic rings. The molecule has 1 aromatic heterocycles. The van der Waals surface area contributed by atoms with Crippen molar-refractivity contribution in [2.45, 2.75) is 20.4 Å². The van der Waals surface area contributed by atoms with Crippen molar-refractivity contribution in [3.05, 3.63) is 52.2 Å². The second kappa shape index (κ2) is 9.20. The van der Waals surface area contributed by atoms with Crippen molar-refractivity contribution in [3.63, 3.8) is 0 Å². The summed E-state index contributed by atoms with van der Waals surface area (Å²) in [4.78, 5) is 26.2. The zero-order chi connectivity index (χ0) is 17.4. The van der Waals surface area contributed by atoms with E-state index < -0.39 is 0 Å². The zero-order valence-electron chi connectivity index (χ0n) is 14.1. The van der Waals surface area contributed by atoms with Crippen LogP contribution in [-0.4, -0.2) is 31.4 Å². The Hall–Kier alpha value is -2.18. The maximum absolute atomic E-state index is 12.1. The molecule has 1 unspecified atom stereocenters. The number of nitrogens with one attached hydrogen (secondary N) is 3. The van der Waals surface area contributed by atoms with Gasteiger partial charge in [0.15, 0.2) is 13.1 Å². The van der Waals surface area contributed by atoms with Gasteiger partial charge in [0, 0.05) is 10.6 Å². The Morgan fingerprint density at radius 2 is 1.79 bits per heavy atom. The Bertz CT molecular complexity index is 653. The van der Waals surface area contributed by atoms with E-state index in [2.05, 4.69) is 10.6 Å². The molecular formula is C18H24N3O2S+. The lowest BCUT2D eigenvalue weighted by Crippen LogP contribution is -3.13. The number of hydrogen-bond acceptors (Lipinski definition) is 3. The van der Waals surface area contributed by atoms with Gasteiger partial charge in [-0.05, 0) is 37.4 Å². The van der Waals surface area contributed by atoms with Gasteiger partial charge in [-0.25, -0.2) is 0 Å². The predicted molar refractivity (Wildman–Crippen MR) is 97.2 cm³/mol. The van der Waals surface area contributed by atoms with E-state index in [4.69, 9.17) is 0 Å². The molecule has 128 valence electrons. The monoisotopic (exact) mass is 346 g/mol. The minimum absolute atomic E-state index is 0.0385. The van der Waals surface area contributed by atoms with Crippen LogP contribution in [0.1, 0.15) is 17.4 Å². The number of benzene rings is 1. The predicted octanol–water partition coefficient (Wildman–Crippen LogP) is 1.22. The van der Waals surface area contributed by atoms with Gasteiger partial charge in [0.1, 0.15) is 0 Å². The van der Waals surface area contributed by atoms with Gasteiger partial charge < -0.3 is 15.5 Å². The summed E-state index contributed by atoms with van der Waals surface area (Å²) in [6, 6.07) is 11.6. The molecule has 0 spiro atoms. The molecule has 1 aromatic carbocycles. The van der Waals surface area contributed by atoms with E-state index in [1.54, 1.807) is 11.3 Å². The van der Waals surface area contributed by atoms with Crippen LogP contribution in [0.2, 0.25) is 0 Å². The minimum Gasteiger partial charge on any atom is -0.346 e. The molecule has 24 heavy (non-hydrogen) atoms. The summed E-state index contributed by atoms with van der Waals surface area (Å²) in [6.07, 6.45) is 0. The molecule has 0 fully saturated rings. The normalized spacial score (nSPS) is 11.8. The van der Waals surface area contributed by atoms with Crippen LogP contribution in [0.15, 0.2) is 41.8 Å². The van der Waals surface area contributed by atoms with Gasteiger partial charge in [0.2, 0.25) is 0 Å². The fourth-order valence-electron chi connectivity index (χ4n) is 2.27. The van der Waals surface area contributed by atoms with Crippen LogP contribution in [0.3, 0.4) is 0 Å². The van der Waals surface area contributed by atoms with Gasteiger partial charge in [0.05, 0.1) is 13.1 Å². The smallest absolute Gasteiger partial charge is 0.279 e. The Morgan fingerprint density at radius 1 is 1.08 bits per heavy atom. The first-order chi connectivity index (χ1) is 11.6. The van der Waals surface area contributed by atoms with Crippen molar-refractivity contribution in [1.82, 2.24) is 5.32 Å². The van der Waals surface area contributed by atoms with Gasteiger partial charge in [-0.15, -0.1) is 11.3 Å². The molecule has 3 N–H and O–H groups in total. The molecule has 6 heteroatoms. The van der Waals surface area contributed by atoms with E-state index in [0.717, 1.165) is 21.0 Å².